The van der Waals surface area contributed by atoms with E-state index in [1.807, 2.05) is 13.8 Å². The first-order valence-corrected chi connectivity index (χ1v) is 9.94. The van der Waals surface area contributed by atoms with Crippen molar-refractivity contribution in [3.63, 3.8) is 0 Å². The van der Waals surface area contributed by atoms with Crippen molar-refractivity contribution in [3.8, 4) is 0 Å². The van der Waals surface area contributed by atoms with Crippen LogP contribution < -0.4 is 10.6 Å². The van der Waals surface area contributed by atoms with Gasteiger partial charge in [-0.2, -0.15) is 0 Å². The largest absolute Gasteiger partial charge is 0.357 e. The maximum Gasteiger partial charge on any atom is 0.211 e. The van der Waals surface area contributed by atoms with Crippen molar-refractivity contribution in [2.75, 3.05) is 32.4 Å². The Bertz CT molecular complexity index is 641. The highest BCUT2D eigenvalue weighted by Crippen LogP contribution is 2.07. The van der Waals surface area contributed by atoms with Crippen molar-refractivity contribution in [2.45, 2.75) is 26.8 Å². The second-order valence-electron chi connectivity index (χ2n) is 5.32. The maximum absolute atomic E-state index is 13.6. The Hall–Kier alpha value is -0.940. The van der Waals surface area contributed by atoms with Gasteiger partial charge in [0.15, 0.2) is 5.96 Å². The number of nitrogens with zero attached hydrogens (tertiary/aromatic N) is 2. The van der Waals surface area contributed by atoms with E-state index in [1.165, 1.54) is 16.6 Å². The first-order valence-electron chi connectivity index (χ1n) is 8.09. The quantitative estimate of drug-likeness (QED) is 0.243. The van der Waals surface area contributed by atoms with Gasteiger partial charge in [-0.3, -0.25) is 0 Å². The molecule has 144 valence electrons. The third-order valence-corrected chi connectivity index (χ3v) is 4.79. The molecule has 0 aromatic heterocycles. The molecule has 0 saturated heterocycles. The van der Waals surface area contributed by atoms with E-state index < -0.39 is 10.0 Å². The third kappa shape index (κ3) is 9.36. The molecule has 2 N–H and O–H groups in total. The van der Waals surface area contributed by atoms with Gasteiger partial charge in [-0.15, -0.1) is 24.0 Å². The SMILES string of the molecule is CCNC(=NCc1ccccc1F)NCCCN(CC)S(C)(=O)=O.I. The van der Waals surface area contributed by atoms with Crippen LogP contribution in [0.15, 0.2) is 29.3 Å². The molecule has 0 atom stereocenters. The molecule has 0 aliphatic rings. The fourth-order valence-electron chi connectivity index (χ4n) is 2.15. The predicted octanol–water partition coefficient (Wildman–Crippen LogP) is 2.17. The second-order valence-corrected chi connectivity index (χ2v) is 7.30. The molecule has 0 aliphatic heterocycles. The minimum atomic E-state index is -3.16. The normalized spacial score (nSPS) is 12.0. The van der Waals surface area contributed by atoms with Gasteiger partial charge < -0.3 is 10.6 Å². The summed E-state index contributed by atoms with van der Waals surface area (Å²) in [4.78, 5) is 4.35. The summed E-state index contributed by atoms with van der Waals surface area (Å²) in [5, 5.41) is 6.23. The van der Waals surface area contributed by atoms with E-state index in [1.54, 1.807) is 18.2 Å². The number of guanidine groups is 1. The zero-order chi connectivity index (χ0) is 18.0. The number of hydrogen-bond acceptors (Lipinski definition) is 3. The lowest BCUT2D eigenvalue weighted by Crippen LogP contribution is -2.39. The number of halogens is 2. The molecule has 0 saturated carbocycles. The van der Waals surface area contributed by atoms with Gasteiger partial charge in [-0.05, 0) is 19.4 Å². The molecule has 0 fully saturated rings. The Balaban J connectivity index is 0.00000576. The van der Waals surface area contributed by atoms with Crippen LogP contribution in [0.3, 0.4) is 0 Å². The highest BCUT2D eigenvalue weighted by atomic mass is 127. The Morgan fingerprint density at radius 1 is 1.24 bits per heavy atom. The lowest BCUT2D eigenvalue weighted by molar-refractivity contribution is 0.424. The summed E-state index contributed by atoms with van der Waals surface area (Å²) >= 11 is 0. The molecule has 25 heavy (non-hydrogen) atoms. The van der Waals surface area contributed by atoms with Gasteiger partial charge in [0, 0.05) is 31.7 Å². The molecular weight excluding hydrogens is 458 g/mol. The summed E-state index contributed by atoms with van der Waals surface area (Å²) < 4.78 is 38.1. The van der Waals surface area contributed by atoms with Crippen molar-refractivity contribution in [2.24, 2.45) is 4.99 Å². The topological polar surface area (TPSA) is 73.8 Å². The van der Waals surface area contributed by atoms with Crippen LogP contribution in [0.5, 0.6) is 0 Å². The number of hydrogen-bond donors (Lipinski definition) is 2. The molecule has 0 aliphatic carbocycles. The lowest BCUT2D eigenvalue weighted by Gasteiger charge is -2.18. The third-order valence-electron chi connectivity index (χ3n) is 3.41. The Labute approximate surface area is 167 Å². The molecular formula is C16H28FIN4O2S. The van der Waals surface area contributed by atoms with Crippen molar-refractivity contribution in [1.29, 1.82) is 0 Å². The van der Waals surface area contributed by atoms with Crippen LogP contribution in [0.2, 0.25) is 0 Å². The summed E-state index contributed by atoms with van der Waals surface area (Å²) in [5.74, 6) is 0.312. The van der Waals surface area contributed by atoms with Gasteiger partial charge in [0.05, 0.1) is 12.8 Å². The van der Waals surface area contributed by atoms with Gasteiger partial charge >= 0.3 is 0 Å². The highest BCUT2D eigenvalue weighted by molar-refractivity contribution is 14.0. The number of nitrogens with one attached hydrogen (secondary N) is 2. The molecule has 1 rings (SSSR count). The van der Waals surface area contributed by atoms with Gasteiger partial charge in [0.25, 0.3) is 0 Å². The van der Waals surface area contributed by atoms with Crippen LogP contribution in [0.4, 0.5) is 4.39 Å². The first kappa shape index (κ1) is 24.1. The molecule has 0 heterocycles. The van der Waals surface area contributed by atoms with Gasteiger partial charge in [-0.1, -0.05) is 25.1 Å². The summed E-state index contributed by atoms with van der Waals surface area (Å²) in [6.07, 6.45) is 1.87. The van der Waals surface area contributed by atoms with Gasteiger partial charge in [0.2, 0.25) is 10.0 Å². The lowest BCUT2D eigenvalue weighted by atomic mass is 10.2. The summed E-state index contributed by atoms with van der Waals surface area (Å²) in [6, 6.07) is 6.54. The average Bonchev–Trinajstić information content (AvgIpc) is 2.52. The maximum atomic E-state index is 13.6. The van der Waals surface area contributed by atoms with E-state index in [9.17, 15) is 12.8 Å². The molecule has 0 unspecified atom stereocenters. The number of rotatable bonds is 9. The monoisotopic (exact) mass is 486 g/mol. The molecule has 0 spiro atoms. The highest BCUT2D eigenvalue weighted by Gasteiger charge is 2.13. The van der Waals surface area contributed by atoms with E-state index in [4.69, 9.17) is 0 Å². The molecule has 9 heteroatoms. The van der Waals surface area contributed by atoms with E-state index >= 15 is 0 Å². The minimum Gasteiger partial charge on any atom is -0.357 e. The molecule has 0 radical (unpaired) electrons. The van der Waals surface area contributed by atoms with Gasteiger partial charge in [0.1, 0.15) is 5.82 Å². The van der Waals surface area contributed by atoms with Crippen LogP contribution in [-0.2, 0) is 16.6 Å². The zero-order valence-electron chi connectivity index (χ0n) is 15.0. The average molecular weight is 486 g/mol. The van der Waals surface area contributed by atoms with E-state index in [-0.39, 0.29) is 36.3 Å². The summed E-state index contributed by atoms with van der Waals surface area (Å²) in [7, 11) is -3.16. The number of aliphatic imine (C=N–C) groups is 1. The fourth-order valence-corrected chi connectivity index (χ4v) is 3.08. The van der Waals surface area contributed by atoms with Crippen LogP contribution >= 0.6 is 24.0 Å². The van der Waals surface area contributed by atoms with Crippen LogP contribution in [0.1, 0.15) is 25.8 Å². The molecule has 1 aromatic rings. The second kappa shape index (κ2) is 12.4. The zero-order valence-corrected chi connectivity index (χ0v) is 18.1. The van der Waals surface area contributed by atoms with Crippen LogP contribution in [0.25, 0.3) is 0 Å². The fraction of sp³-hybridized carbons (Fsp3) is 0.562. The molecule has 6 nitrogen and oxygen atoms in total. The van der Waals surface area contributed by atoms with Crippen molar-refractivity contribution in [3.05, 3.63) is 35.6 Å². The standard InChI is InChI=1S/C16H27FN4O2S.HI/c1-4-18-16(20-13-14-9-6-7-10-15(14)17)19-11-8-12-21(5-2)24(3,22)23;/h6-7,9-10H,4-5,8,11-13H2,1-3H3,(H2,18,19,20);1H. The van der Waals surface area contributed by atoms with Crippen LogP contribution in [-0.4, -0.2) is 51.1 Å². The van der Waals surface area contributed by atoms with E-state index in [2.05, 4.69) is 15.6 Å². The molecule has 1 aromatic carbocycles. The molecule has 0 amide bonds. The smallest absolute Gasteiger partial charge is 0.211 e. The van der Waals surface area contributed by atoms with Crippen LogP contribution in [0, 0.1) is 5.82 Å². The molecule has 0 bridgehead atoms. The Morgan fingerprint density at radius 2 is 1.92 bits per heavy atom. The van der Waals surface area contributed by atoms with Crippen molar-refractivity contribution in [1.82, 2.24) is 14.9 Å². The van der Waals surface area contributed by atoms with Crippen molar-refractivity contribution >= 4 is 40.0 Å². The van der Waals surface area contributed by atoms with Crippen molar-refractivity contribution < 1.29 is 12.8 Å². The first-order chi connectivity index (χ1) is 11.4. The van der Waals surface area contributed by atoms with E-state index in [0.29, 0.717) is 44.1 Å². The number of sulfonamides is 1. The van der Waals surface area contributed by atoms with Gasteiger partial charge in [-0.25, -0.2) is 22.1 Å². The van der Waals surface area contributed by atoms with E-state index in [0.717, 1.165) is 0 Å². The predicted molar refractivity (Wildman–Crippen MR) is 111 cm³/mol. The Kier molecular flexibility index (Phi) is 12.0. The Morgan fingerprint density at radius 3 is 2.48 bits per heavy atom. The summed E-state index contributed by atoms with van der Waals surface area (Å²) in [5.41, 5.74) is 0.531. The minimum absolute atomic E-state index is 0. The summed E-state index contributed by atoms with van der Waals surface area (Å²) in [6.45, 7) is 6.18. The number of benzene rings is 1.